The number of carbonyl (C=O) groups excluding carboxylic acids is 2. The Balaban J connectivity index is 1.80. The van der Waals surface area contributed by atoms with Crippen LogP contribution in [-0.2, 0) is 22.7 Å². The number of rotatable bonds is 6. The Hall–Kier alpha value is -2.37. The predicted octanol–water partition coefficient (Wildman–Crippen LogP) is 2.47. The van der Waals surface area contributed by atoms with Crippen LogP contribution in [0.15, 0.2) is 24.3 Å². The Morgan fingerprint density at radius 1 is 1.16 bits per heavy atom. The number of para-hydroxylation sites is 2. The molecule has 6 heteroatoms. The number of nitrogens with one attached hydrogen (secondary N) is 1. The Bertz CT molecular complexity index is 747. The lowest BCUT2D eigenvalue weighted by atomic mass is 10.1. The maximum absolute atomic E-state index is 12.7. The van der Waals surface area contributed by atoms with Crippen molar-refractivity contribution in [3.63, 3.8) is 0 Å². The van der Waals surface area contributed by atoms with Crippen LogP contribution in [0.4, 0.5) is 0 Å². The molecule has 1 aromatic carbocycles. The molecule has 1 aromatic heterocycles. The molecule has 3 rings (SSSR count). The molecule has 0 unspecified atom stereocenters. The van der Waals surface area contributed by atoms with Gasteiger partial charge in [0.15, 0.2) is 0 Å². The maximum atomic E-state index is 12.7. The fourth-order valence-electron chi connectivity index (χ4n) is 3.31. The van der Waals surface area contributed by atoms with Crippen LogP contribution in [0.1, 0.15) is 44.9 Å². The molecule has 1 aliphatic heterocycles. The molecule has 1 aliphatic rings. The number of amides is 2. The lowest BCUT2D eigenvalue weighted by molar-refractivity contribution is -0.132. The number of likely N-dealkylation sites (tertiary alicyclic amines) is 1. The van der Waals surface area contributed by atoms with Gasteiger partial charge in [-0.05, 0) is 37.8 Å². The Morgan fingerprint density at radius 3 is 2.68 bits per heavy atom. The lowest BCUT2D eigenvalue weighted by Crippen LogP contribution is -2.38. The van der Waals surface area contributed by atoms with Crippen molar-refractivity contribution in [2.24, 2.45) is 0 Å². The fraction of sp³-hybridized carbons (Fsp3) is 0.526. The van der Waals surface area contributed by atoms with E-state index in [2.05, 4.69) is 10.3 Å². The van der Waals surface area contributed by atoms with Crippen LogP contribution in [0.5, 0.6) is 0 Å². The number of hydrogen-bond donors (Lipinski definition) is 1. The van der Waals surface area contributed by atoms with E-state index < -0.39 is 0 Å². The minimum atomic E-state index is 0.0171. The number of imidazole rings is 1. The summed E-state index contributed by atoms with van der Waals surface area (Å²) in [5.74, 6) is 0.878. The summed E-state index contributed by atoms with van der Waals surface area (Å²) < 4.78 is 1.94. The lowest BCUT2D eigenvalue weighted by Gasteiger charge is -2.27. The summed E-state index contributed by atoms with van der Waals surface area (Å²) >= 11 is 0. The number of hydrogen-bond acceptors (Lipinski definition) is 3. The third-order valence-electron chi connectivity index (χ3n) is 4.66. The normalized spacial score (nSPS) is 14.7. The first-order chi connectivity index (χ1) is 12.2. The highest BCUT2D eigenvalue weighted by molar-refractivity contribution is 5.81. The molecule has 0 aliphatic carbocycles. The highest BCUT2D eigenvalue weighted by Gasteiger charge is 2.20. The van der Waals surface area contributed by atoms with Crippen molar-refractivity contribution in [1.29, 1.82) is 0 Å². The summed E-state index contributed by atoms with van der Waals surface area (Å²) in [6.45, 7) is 4.29. The van der Waals surface area contributed by atoms with Gasteiger partial charge in [0, 0.05) is 19.5 Å². The standard InChI is InChI=1S/C19H26N4O2/c1-2-8-18(24)20-13-17-21-15-9-4-5-10-16(15)23(17)14-19(25)22-11-6-3-7-12-22/h4-5,9-10H,2-3,6-8,11-14H2,1H3,(H,20,24). The summed E-state index contributed by atoms with van der Waals surface area (Å²) in [7, 11) is 0. The second kappa shape index (κ2) is 8.14. The summed E-state index contributed by atoms with van der Waals surface area (Å²) in [6, 6.07) is 7.80. The van der Waals surface area contributed by atoms with Crippen molar-refractivity contribution in [2.75, 3.05) is 13.1 Å². The number of carbonyl (C=O) groups is 2. The number of fused-ring (bicyclic) bond motifs is 1. The van der Waals surface area contributed by atoms with E-state index in [-0.39, 0.29) is 18.4 Å². The fourth-order valence-corrected chi connectivity index (χ4v) is 3.31. The van der Waals surface area contributed by atoms with Gasteiger partial charge in [0.1, 0.15) is 12.4 Å². The van der Waals surface area contributed by atoms with E-state index in [1.807, 2.05) is 40.7 Å². The summed E-state index contributed by atoms with van der Waals surface area (Å²) in [6.07, 6.45) is 4.68. The van der Waals surface area contributed by atoms with Gasteiger partial charge in [-0.3, -0.25) is 9.59 Å². The van der Waals surface area contributed by atoms with Crippen molar-refractivity contribution >= 4 is 22.8 Å². The monoisotopic (exact) mass is 342 g/mol. The molecule has 2 aromatic rings. The van der Waals surface area contributed by atoms with Gasteiger partial charge in [-0.25, -0.2) is 4.98 Å². The molecule has 0 radical (unpaired) electrons. The summed E-state index contributed by atoms with van der Waals surface area (Å²) in [4.78, 5) is 31.0. The van der Waals surface area contributed by atoms with Crippen molar-refractivity contribution < 1.29 is 9.59 Å². The largest absolute Gasteiger partial charge is 0.349 e. The molecule has 6 nitrogen and oxygen atoms in total. The quantitative estimate of drug-likeness (QED) is 0.877. The van der Waals surface area contributed by atoms with Crippen LogP contribution < -0.4 is 5.32 Å². The van der Waals surface area contributed by atoms with E-state index in [1.54, 1.807) is 0 Å². The van der Waals surface area contributed by atoms with Gasteiger partial charge in [-0.1, -0.05) is 19.1 Å². The smallest absolute Gasteiger partial charge is 0.242 e. The van der Waals surface area contributed by atoms with Gasteiger partial charge in [0.05, 0.1) is 17.6 Å². The molecule has 0 saturated carbocycles. The van der Waals surface area contributed by atoms with Crippen LogP contribution in [-0.4, -0.2) is 39.4 Å². The average molecular weight is 342 g/mol. The zero-order chi connectivity index (χ0) is 17.6. The minimum Gasteiger partial charge on any atom is -0.349 e. The number of aromatic nitrogens is 2. The topological polar surface area (TPSA) is 67.2 Å². The molecule has 0 bridgehead atoms. The molecular weight excluding hydrogens is 316 g/mol. The molecule has 1 saturated heterocycles. The molecule has 134 valence electrons. The molecule has 25 heavy (non-hydrogen) atoms. The number of benzene rings is 1. The molecule has 0 atom stereocenters. The number of nitrogens with zero attached hydrogens (tertiary/aromatic N) is 3. The van der Waals surface area contributed by atoms with E-state index in [0.717, 1.165) is 49.2 Å². The van der Waals surface area contributed by atoms with E-state index in [4.69, 9.17) is 0 Å². The second-order valence-corrected chi connectivity index (χ2v) is 6.57. The zero-order valence-electron chi connectivity index (χ0n) is 14.8. The summed E-state index contributed by atoms with van der Waals surface area (Å²) in [5.41, 5.74) is 1.79. The van der Waals surface area contributed by atoms with Crippen LogP contribution >= 0.6 is 0 Å². The first-order valence-electron chi connectivity index (χ1n) is 9.17. The van der Waals surface area contributed by atoms with E-state index in [1.165, 1.54) is 6.42 Å². The van der Waals surface area contributed by atoms with Crippen molar-refractivity contribution in [3.05, 3.63) is 30.1 Å². The molecule has 1 fully saturated rings. The van der Waals surface area contributed by atoms with Crippen LogP contribution in [0.2, 0.25) is 0 Å². The van der Waals surface area contributed by atoms with Gasteiger partial charge >= 0.3 is 0 Å². The number of piperidine rings is 1. The van der Waals surface area contributed by atoms with Gasteiger partial charge in [0.25, 0.3) is 0 Å². The Morgan fingerprint density at radius 2 is 1.92 bits per heavy atom. The van der Waals surface area contributed by atoms with Crippen molar-refractivity contribution in [2.45, 2.75) is 52.1 Å². The molecule has 0 spiro atoms. The van der Waals surface area contributed by atoms with Gasteiger partial charge in [0.2, 0.25) is 11.8 Å². The van der Waals surface area contributed by atoms with Gasteiger partial charge < -0.3 is 14.8 Å². The third kappa shape index (κ3) is 4.18. The van der Waals surface area contributed by atoms with Crippen LogP contribution in [0, 0.1) is 0 Å². The Labute approximate surface area is 148 Å². The second-order valence-electron chi connectivity index (χ2n) is 6.57. The third-order valence-corrected chi connectivity index (χ3v) is 4.66. The van der Waals surface area contributed by atoms with Gasteiger partial charge in [-0.15, -0.1) is 0 Å². The van der Waals surface area contributed by atoms with Gasteiger partial charge in [-0.2, -0.15) is 0 Å². The van der Waals surface area contributed by atoms with Crippen LogP contribution in [0.3, 0.4) is 0 Å². The van der Waals surface area contributed by atoms with E-state index >= 15 is 0 Å². The van der Waals surface area contributed by atoms with E-state index in [0.29, 0.717) is 13.0 Å². The van der Waals surface area contributed by atoms with Crippen LogP contribution in [0.25, 0.3) is 11.0 Å². The highest BCUT2D eigenvalue weighted by atomic mass is 16.2. The molecule has 2 heterocycles. The van der Waals surface area contributed by atoms with Crippen molar-refractivity contribution in [3.8, 4) is 0 Å². The minimum absolute atomic E-state index is 0.0171. The highest BCUT2D eigenvalue weighted by Crippen LogP contribution is 2.17. The maximum Gasteiger partial charge on any atom is 0.242 e. The molecular formula is C19H26N4O2. The average Bonchev–Trinajstić information content (AvgIpc) is 2.99. The first-order valence-corrected chi connectivity index (χ1v) is 9.17. The first kappa shape index (κ1) is 17.5. The van der Waals surface area contributed by atoms with Crippen molar-refractivity contribution in [1.82, 2.24) is 19.8 Å². The Kier molecular flexibility index (Phi) is 5.68. The SMILES string of the molecule is CCCC(=O)NCc1nc2ccccc2n1CC(=O)N1CCCCC1. The molecule has 2 amide bonds. The zero-order valence-corrected chi connectivity index (χ0v) is 14.8. The van der Waals surface area contributed by atoms with E-state index in [9.17, 15) is 9.59 Å². The predicted molar refractivity (Wildman–Crippen MR) is 96.9 cm³/mol. The summed E-state index contributed by atoms with van der Waals surface area (Å²) in [5, 5.41) is 2.91. The molecule has 1 N–H and O–H groups in total.